The summed E-state index contributed by atoms with van der Waals surface area (Å²) in [5.41, 5.74) is -1.95. The van der Waals surface area contributed by atoms with Crippen molar-refractivity contribution < 1.29 is 23.5 Å². The second-order valence-electron chi connectivity index (χ2n) is 12.1. The molecule has 0 spiro atoms. The number of carboxylic acids is 1. The topological polar surface area (TPSA) is 93.4 Å². The Labute approximate surface area is 255 Å². The van der Waals surface area contributed by atoms with Gasteiger partial charge in [-0.15, -0.1) is 12.4 Å². The van der Waals surface area contributed by atoms with Gasteiger partial charge in [-0.25, -0.2) is 8.78 Å². The molecule has 222 valence electrons. The predicted molar refractivity (Wildman–Crippen MR) is 156 cm³/mol. The van der Waals surface area contributed by atoms with E-state index < -0.39 is 41.0 Å². The Hall–Kier alpha value is -2.44. The molecule has 0 bridgehead atoms. The SMILES string of the molecule is CC(C)(C)C[C@@H]1N[C@@H](C(=O)N2CCC(CC(=O)O)CC2)[C@H](c2cccc(Cl)c2F)[C@@]1(C#N)c1ccc(Cl)cc1F.Cl. The van der Waals surface area contributed by atoms with E-state index in [0.29, 0.717) is 32.4 Å². The highest BCUT2D eigenvalue weighted by molar-refractivity contribution is 6.31. The van der Waals surface area contributed by atoms with Gasteiger partial charge in [0.25, 0.3) is 0 Å². The number of carbonyl (C=O) groups excluding carboxylic acids is 1. The molecule has 4 atom stereocenters. The summed E-state index contributed by atoms with van der Waals surface area (Å²) in [6.45, 7) is 6.60. The van der Waals surface area contributed by atoms with E-state index in [4.69, 9.17) is 23.2 Å². The third-order valence-corrected chi connectivity index (χ3v) is 8.63. The Morgan fingerprint density at radius 3 is 2.39 bits per heavy atom. The van der Waals surface area contributed by atoms with Crippen molar-refractivity contribution in [2.75, 3.05) is 13.1 Å². The van der Waals surface area contributed by atoms with Crippen LogP contribution in [0.3, 0.4) is 0 Å². The van der Waals surface area contributed by atoms with E-state index in [0.717, 1.165) is 6.07 Å². The first kappa shape index (κ1) is 33.1. The highest BCUT2D eigenvalue weighted by Crippen LogP contribution is 2.53. The average Bonchev–Trinajstić information content (AvgIpc) is 3.18. The molecule has 2 aromatic carbocycles. The van der Waals surface area contributed by atoms with Crippen LogP contribution in [0.2, 0.25) is 10.0 Å². The number of nitrogens with zero attached hydrogens (tertiary/aromatic N) is 2. The van der Waals surface area contributed by atoms with Gasteiger partial charge in [-0.2, -0.15) is 5.26 Å². The molecule has 4 rings (SSSR count). The van der Waals surface area contributed by atoms with Crippen LogP contribution in [0.15, 0.2) is 36.4 Å². The van der Waals surface area contributed by atoms with E-state index in [1.807, 2.05) is 20.8 Å². The van der Waals surface area contributed by atoms with Crippen LogP contribution in [0, 0.1) is 34.3 Å². The zero-order chi connectivity index (χ0) is 29.4. The van der Waals surface area contributed by atoms with E-state index in [1.165, 1.54) is 24.3 Å². The summed E-state index contributed by atoms with van der Waals surface area (Å²) in [5, 5.41) is 23.4. The minimum absolute atomic E-state index is 0. The normalized spacial score (nSPS) is 24.9. The number of rotatable bonds is 6. The molecule has 2 saturated heterocycles. The molecule has 0 aromatic heterocycles. The van der Waals surface area contributed by atoms with Gasteiger partial charge in [0.1, 0.15) is 17.0 Å². The molecule has 6 nitrogen and oxygen atoms in total. The molecule has 2 heterocycles. The summed E-state index contributed by atoms with van der Waals surface area (Å²) in [7, 11) is 0. The highest BCUT2D eigenvalue weighted by Gasteiger charge is 2.61. The average molecular weight is 629 g/mol. The van der Waals surface area contributed by atoms with Crippen molar-refractivity contribution in [1.82, 2.24) is 10.2 Å². The third kappa shape index (κ3) is 6.64. The first-order valence-electron chi connectivity index (χ1n) is 13.4. The first-order valence-corrected chi connectivity index (χ1v) is 14.1. The van der Waals surface area contributed by atoms with Crippen LogP contribution in [0.5, 0.6) is 0 Å². The quantitative estimate of drug-likeness (QED) is 0.370. The molecule has 1 amide bonds. The van der Waals surface area contributed by atoms with Crippen molar-refractivity contribution in [2.24, 2.45) is 11.3 Å². The fourth-order valence-electron chi connectivity index (χ4n) is 6.34. The Morgan fingerprint density at radius 2 is 1.83 bits per heavy atom. The molecule has 11 heteroatoms. The van der Waals surface area contributed by atoms with Crippen LogP contribution in [0.4, 0.5) is 8.78 Å². The van der Waals surface area contributed by atoms with Crippen LogP contribution in [-0.4, -0.2) is 47.1 Å². The summed E-state index contributed by atoms with van der Waals surface area (Å²) in [6.07, 6.45) is 1.44. The summed E-state index contributed by atoms with van der Waals surface area (Å²) in [6, 6.07) is 9.04. The van der Waals surface area contributed by atoms with E-state index in [2.05, 4.69) is 11.4 Å². The number of carboxylic acid groups (broad SMARTS) is 1. The smallest absolute Gasteiger partial charge is 0.303 e. The molecule has 0 saturated carbocycles. The second kappa shape index (κ2) is 12.8. The number of hydrogen-bond acceptors (Lipinski definition) is 4. The molecular weight excluding hydrogens is 595 g/mol. The third-order valence-electron chi connectivity index (χ3n) is 8.10. The maximum absolute atomic E-state index is 15.8. The zero-order valence-corrected chi connectivity index (χ0v) is 25.4. The molecule has 2 N–H and O–H groups in total. The van der Waals surface area contributed by atoms with Crippen LogP contribution >= 0.6 is 35.6 Å². The van der Waals surface area contributed by atoms with E-state index in [-0.39, 0.29) is 57.2 Å². The summed E-state index contributed by atoms with van der Waals surface area (Å²) < 4.78 is 31.5. The van der Waals surface area contributed by atoms with Gasteiger partial charge >= 0.3 is 5.97 Å². The van der Waals surface area contributed by atoms with Gasteiger partial charge in [-0.1, -0.05) is 62.2 Å². The molecule has 0 unspecified atom stereocenters. The second-order valence-corrected chi connectivity index (χ2v) is 12.9. The van der Waals surface area contributed by atoms with Crippen molar-refractivity contribution in [3.63, 3.8) is 0 Å². The molecule has 2 aliphatic rings. The zero-order valence-electron chi connectivity index (χ0n) is 23.1. The van der Waals surface area contributed by atoms with Gasteiger partial charge < -0.3 is 15.3 Å². The lowest BCUT2D eigenvalue weighted by Crippen LogP contribution is -2.50. The number of aliphatic carboxylic acids is 1. The number of amides is 1. The molecule has 0 aliphatic carbocycles. The van der Waals surface area contributed by atoms with Crippen LogP contribution in [0.25, 0.3) is 0 Å². The van der Waals surface area contributed by atoms with Crippen LogP contribution in [0.1, 0.15) is 63.5 Å². The molecule has 2 aliphatic heterocycles. The lowest BCUT2D eigenvalue weighted by atomic mass is 9.62. The Kier molecular flexibility index (Phi) is 10.3. The van der Waals surface area contributed by atoms with Crippen LogP contribution in [-0.2, 0) is 15.0 Å². The van der Waals surface area contributed by atoms with Gasteiger partial charge in [0.2, 0.25) is 5.91 Å². The van der Waals surface area contributed by atoms with Crippen molar-refractivity contribution in [2.45, 2.75) is 69.9 Å². The molecule has 2 aromatic rings. The van der Waals surface area contributed by atoms with Gasteiger partial charge in [-0.05, 0) is 54.4 Å². The maximum atomic E-state index is 15.8. The standard InChI is InChI=1S/C30H33Cl2F2N3O3.ClH/c1-29(2,3)15-23-30(16-35,20-8-7-18(31)14-22(20)33)25(19-5-4-6-21(32)26(19)34)27(36-23)28(40)37-11-9-17(10-12-37)13-24(38)39;/h4-8,14,17,23,25,27,36H,9-13,15H2,1-3H3,(H,38,39);1H/t23-,25-,27+,30-;/m0./s1. The summed E-state index contributed by atoms with van der Waals surface area (Å²) >= 11 is 12.3. The van der Waals surface area contributed by atoms with Crippen molar-refractivity contribution in [3.8, 4) is 6.07 Å². The van der Waals surface area contributed by atoms with Crippen molar-refractivity contribution in [3.05, 3.63) is 69.2 Å². The van der Waals surface area contributed by atoms with Gasteiger partial charge in [0.15, 0.2) is 0 Å². The number of hydrogen-bond donors (Lipinski definition) is 2. The van der Waals surface area contributed by atoms with E-state index in [9.17, 15) is 20.0 Å². The minimum Gasteiger partial charge on any atom is -0.481 e. The van der Waals surface area contributed by atoms with Gasteiger partial charge in [0.05, 0.1) is 17.1 Å². The lowest BCUT2D eigenvalue weighted by molar-refractivity contribution is -0.139. The Balaban J connectivity index is 0.00000462. The largest absolute Gasteiger partial charge is 0.481 e. The summed E-state index contributed by atoms with van der Waals surface area (Å²) in [4.78, 5) is 27.0. The van der Waals surface area contributed by atoms with Crippen LogP contribution < -0.4 is 5.32 Å². The highest BCUT2D eigenvalue weighted by atomic mass is 35.5. The Bertz CT molecular complexity index is 1340. The molecular formula is C30H34Cl3F2N3O3. The monoisotopic (exact) mass is 627 g/mol. The number of benzene rings is 2. The number of nitriles is 1. The van der Waals surface area contributed by atoms with Crippen molar-refractivity contribution in [1.29, 1.82) is 5.26 Å². The minimum atomic E-state index is -1.69. The number of halogens is 5. The molecule has 0 radical (unpaired) electrons. The number of nitrogens with one attached hydrogen (secondary N) is 1. The summed E-state index contributed by atoms with van der Waals surface area (Å²) in [5.74, 6) is -3.88. The maximum Gasteiger partial charge on any atom is 0.303 e. The fourth-order valence-corrected chi connectivity index (χ4v) is 6.69. The first-order chi connectivity index (χ1) is 18.8. The van der Waals surface area contributed by atoms with Crippen molar-refractivity contribution >= 4 is 47.5 Å². The number of likely N-dealkylation sites (tertiary alicyclic amines) is 1. The predicted octanol–water partition coefficient (Wildman–Crippen LogP) is 6.73. The number of carbonyl (C=O) groups is 2. The lowest BCUT2D eigenvalue weighted by Gasteiger charge is -2.38. The van der Waals surface area contributed by atoms with Gasteiger partial charge in [-0.3, -0.25) is 9.59 Å². The molecule has 41 heavy (non-hydrogen) atoms. The number of piperidine rings is 1. The van der Waals surface area contributed by atoms with E-state index >= 15 is 8.78 Å². The van der Waals surface area contributed by atoms with Gasteiger partial charge in [0, 0.05) is 42.1 Å². The van der Waals surface area contributed by atoms with E-state index in [1.54, 1.807) is 11.0 Å². The fraction of sp³-hybridized carbons (Fsp3) is 0.500. The Morgan fingerprint density at radius 1 is 1.17 bits per heavy atom. The molecule has 2 fully saturated rings.